The van der Waals surface area contributed by atoms with Crippen molar-refractivity contribution in [3.63, 3.8) is 0 Å². The molecule has 0 radical (unpaired) electrons. The van der Waals surface area contributed by atoms with Crippen molar-refractivity contribution in [2.45, 2.75) is 44.8 Å². The Kier molecular flexibility index (Phi) is 5.82. The summed E-state index contributed by atoms with van der Waals surface area (Å²) in [6.45, 7) is 4.00. The van der Waals surface area contributed by atoms with E-state index in [4.69, 9.17) is 0 Å². The van der Waals surface area contributed by atoms with E-state index in [1.807, 2.05) is 13.0 Å². The molecule has 4 heteroatoms. The highest BCUT2D eigenvalue weighted by molar-refractivity contribution is 7.86. The molecule has 3 nitrogen and oxygen atoms in total. The minimum atomic E-state index is -4.05. The molecule has 0 heterocycles. The highest BCUT2D eigenvalue weighted by Crippen LogP contribution is 2.32. The van der Waals surface area contributed by atoms with Crippen molar-refractivity contribution in [2.75, 3.05) is 0 Å². The highest BCUT2D eigenvalue weighted by atomic mass is 32.2. The second-order valence-corrected chi connectivity index (χ2v) is 6.36. The van der Waals surface area contributed by atoms with Gasteiger partial charge in [0.25, 0.3) is 10.1 Å². The van der Waals surface area contributed by atoms with Gasteiger partial charge in [0.1, 0.15) is 5.25 Å². The molecule has 1 N–H and O–H groups in total. The largest absolute Gasteiger partial charge is 0.285 e. The van der Waals surface area contributed by atoms with Crippen LogP contribution in [0.5, 0.6) is 0 Å². The van der Waals surface area contributed by atoms with Crippen molar-refractivity contribution in [1.82, 2.24) is 0 Å². The van der Waals surface area contributed by atoms with Crippen molar-refractivity contribution < 1.29 is 13.0 Å². The summed E-state index contributed by atoms with van der Waals surface area (Å²) in [6.07, 6.45) is 4.01. The lowest BCUT2D eigenvalue weighted by molar-refractivity contribution is 0.415. The van der Waals surface area contributed by atoms with E-state index >= 15 is 0 Å². The van der Waals surface area contributed by atoms with Crippen LogP contribution < -0.4 is 0 Å². The van der Waals surface area contributed by atoms with E-state index in [2.05, 4.69) is 6.92 Å². The average molecular weight is 270 g/mol. The van der Waals surface area contributed by atoms with Crippen LogP contribution in [0.2, 0.25) is 0 Å². The predicted octanol–water partition coefficient (Wildman–Crippen LogP) is 3.83. The predicted molar refractivity (Wildman–Crippen MR) is 74.0 cm³/mol. The number of hydrogen-bond acceptors (Lipinski definition) is 2. The molecule has 0 bridgehead atoms. The summed E-state index contributed by atoms with van der Waals surface area (Å²) >= 11 is 0. The van der Waals surface area contributed by atoms with Gasteiger partial charge < -0.3 is 0 Å². The second kappa shape index (κ2) is 6.90. The second-order valence-electron chi connectivity index (χ2n) is 4.82. The summed E-state index contributed by atoms with van der Waals surface area (Å²) in [6, 6.07) is 8.95. The summed E-state index contributed by atoms with van der Waals surface area (Å²) in [5, 5.41) is -0.810. The van der Waals surface area contributed by atoms with Gasteiger partial charge in [-0.25, -0.2) is 0 Å². The van der Waals surface area contributed by atoms with Gasteiger partial charge >= 0.3 is 0 Å². The van der Waals surface area contributed by atoms with Gasteiger partial charge in [0.2, 0.25) is 0 Å². The smallest absolute Gasteiger partial charge is 0.272 e. The zero-order valence-electron chi connectivity index (χ0n) is 11.0. The molecule has 2 unspecified atom stereocenters. The fraction of sp³-hybridized carbons (Fsp3) is 0.571. The summed E-state index contributed by atoms with van der Waals surface area (Å²) in [5.41, 5.74) is 0.670. The van der Waals surface area contributed by atoms with Gasteiger partial charge in [-0.15, -0.1) is 0 Å². The lowest BCUT2D eigenvalue weighted by atomic mass is 9.95. The number of rotatable bonds is 7. The third kappa shape index (κ3) is 4.42. The Morgan fingerprint density at radius 3 is 2.28 bits per heavy atom. The zero-order chi connectivity index (χ0) is 13.6. The summed E-state index contributed by atoms with van der Waals surface area (Å²) in [5.74, 6) is -0.0750. The van der Waals surface area contributed by atoms with Crippen LogP contribution in [0.1, 0.15) is 50.3 Å². The van der Waals surface area contributed by atoms with Gasteiger partial charge in [-0.1, -0.05) is 63.4 Å². The Morgan fingerprint density at radius 2 is 1.78 bits per heavy atom. The fourth-order valence-electron chi connectivity index (χ4n) is 2.30. The first kappa shape index (κ1) is 15.2. The van der Waals surface area contributed by atoms with Crippen molar-refractivity contribution in [1.29, 1.82) is 0 Å². The molecule has 0 fully saturated rings. The molecule has 2 atom stereocenters. The first-order valence-electron chi connectivity index (χ1n) is 6.48. The molecule has 0 saturated carbocycles. The molecule has 0 saturated heterocycles. The van der Waals surface area contributed by atoms with Crippen LogP contribution in [0.15, 0.2) is 30.3 Å². The Labute approximate surface area is 110 Å². The van der Waals surface area contributed by atoms with Crippen LogP contribution in [0.4, 0.5) is 0 Å². The molecule has 0 aromatic heterocycles. The van der Waals surface area contributed by atoms with Crippen molar-refractivity contribution in [2.24, 2.45) is 5.92 Å². The topological polar surface area (TPSA) is 54.4 Å². The van der Waals surface area contributed by atoms with Gasteiger partial charge in [-0.05, 0) is 17.9 Å². The maximum atomic E-state index is 11.6. The minimum Gasteiger partial charge on any atom is -0.285 e. The van der Waals surface area contributed by atoms with E-state index in [-0.39, 0.29) is 5.92 Å². The van der Waals surface area contributed by atoms with Crippen LogP contribution in [-0.2, 0) is 10.1 Å². The molecule has 1 aromatic carbocycles. The van der Waals surface area contributed by atoms with Crippen molar-refractivity contribution in [3.05, 3.63) is 35.9 Å². The normalized spacial score (nSPS) is 15.3. The number of unbranched alkanes of at least 4 members (excludes halogenated alkanes) is 2. The molecule has 0 amide bonds. The summed E-state index contributed by atoms with van der Waals surface area (Å²) < 4.78 is 32.6. The third-order valence-corrected chi connectivity index (χ3v) is 4.61. The highest BCUT2D eigenvalue weighted by Gasteiger charge is 2.30. The van der Waals surface area contributed by atoms with Crippen LogP contribution >= 0.6 is 0 Å². The zero-order valence-corrected chi connectivity index (χ0v) is 11.9. The van der Waals surface area contributed by atoms with E-state index in [0.29, 0.717) is 5.56 Å². The van der Waals surface area contributed by atoms with Gasteiger partial charge in [0.15, 0.2) is 0 Å². The fourth-order valence-corrected chi connectivity index (χ4v) is 3.53. The maximum absolute atomic E-state index is 11.6. The molecule has 0 aliphatic heterocycles. The van der Waals surface area contributed by atoms with Crippen molar-refractivity contribution in [3.8, 4) is 0 Å². The van der Waals surface area contributed by atoms with Crippen LogP contribution in [0.3, 0.4) is 0 Å². The van der Waals surface area contributed by atoms with E-state index in [9.17, 15) is 13.0 Å². The Morgan fingerprint density at radius 1 is 1.17 bits per heavy atom. The van der Waals surface area contributed by atoms with E-state index in [1.54, 1.807) is 24.3 Å². The van der Waals surface area contributed by atoms with E-state index < -0.39 is 15.4 Å². The Balaban J connectivity index is 2.87. The van der Waals surface area contributed by atoms with Gasteiger partial charge in [0.05, 0.1) is 0 Å². The quantitative estimate of drug-likeness (QED) is 0.605. The number of hydrogen-bond donors (Lipinski definition) is 1. The number of benzene rings is 1. The average Bonchev–Trinajstić information content (AvgIpc) is 2.29. The Hall–Kier alpha value is -0.870. The molecule has 0 aliphatic carbocycles. The molecular weight excluding hydrogens is 248 g/mol. The molecule has 0 aliphatic rings. The van der Waals surface area contributed by atoms with Crippen LogP contribution in [0.25, 0.3) is 0 Å². The van der Waals surface area contributed by atoms with Crippen molar-refractivity contribution >= 4 is 10.1 Å². The standard InChI is InChI=1S/C14H22O3S/c1-3-4-6-9-12(2)14(18(15,16)17)13-10-7-5-8-11-13/h5,7-8,10-12,14H,3-4,6,9H2,1-2H3,(H,15,16,17). The lowest BCUT2D eigenvalue weighted by Crippen LogP contribution is -2.19. The monoisotopic (exact) mass is 270 g/mol. The maximum Gasteiger partial charge on any atom is 0.272 e. The van der Waals surface area contributed by atoms with Crippen LogP contribution in [0, 0.1) is 5.92 Å². The lowest BCUT2D eigenvalue weighted by Gasteiger charge is -2.21. The summed E-state index contributed by atoms with van der Waals surface area (Å²) in [4.78, 5) is 0. The van der Waals surface area contributed by atoms with Gasteiger partial charge in [0, 0.05) is 0 Å². The first-order valence-corrected chi connectivity index (χ1v) is 7.98. The molecule has 1 aromatic rings. The summed E-state index contributed by atoms with van der Waals surface area (Å²) in [7, 11) is -4.05. The molecule has 1 rings (SSSR count). The molecule has 0 spiro atoms. The molecular formula is C14H22O3S. The first-order chi connectivity index (χ1) is 8.46. The van der Waals surface area contributed by atoms with Gasteiger partial charge in [-0.3, -0.25) is 4.55 Å². The third-order valence-electron chi connectivity index (χ3n) is 3.23. The van der Waals surface area contributed by atoms with Crippen LogP contribution in [-0.4, -0.2) is 13.0 Å². The SMILES string of the molecule is CCCCCC(C)C(c1ccccc1)S(=O)(=O)O. The molecule has 102 valence electrons. The van der Waals surface area contributed by atoms with E-state index in [0.717, 1.165) is 25.7 Å². The minimum absolute atomic E-state index is 0.0750. The molecule has 18 heavy (non-hydrogen) atoms. The van der Waals surface area contributed by atoms with Gasteiger partial charge in [-0.2, -0.15) is 8.42 Å². The van der Waals surface area contributed by atoms with E-state index in [1.165, 1.54) is 0 Å². The Bertz CT molecular complexity index is 439.